The molecule has 0 atom stereocenters. The third-order valence-corrected chi connectivity index (χ3v) is 3.26. The molecular formula is C16H21NO2. The molecule has 2 aromatic rings. The molecule has 0 aliphatic carbocycles. The van der Waals surface area contributed by atoms with Gasteiger partial charge in [0.15, 0.2) is 0 Å². The Morgan fingerprint density at radius 2 is 2.00 bits per heavy atom. The van der Waals surface area contributed by atoms with Crippen molar-refractivity contribution in [1.82, 2.24) is 4.98 Å². The number of esters is 1. The second-order valence-corrected chi connectivity index (χ2v) is 4.83. The van der Waals surface area contributed by atoms with Gasteiger partial charge < -0.3 is 9.72 Å². The van der Waals surface area contributed by atoms with Gasteiger partial charge in [-0.1, -0.05) is 38.7 Å². The van der Waals surface area contributed by atoms with Crippen LogP contribution in [0.2, 0.25) is 0 Å². The summed E-state index contributed by atoms with van der Waals surface area (Å²) in [5.74, 6) is 0.516. The summed E-state index contributed by atoms with van der Waals surface area (Å²) in [6.45, 7) is 2.19. The first-order valence-corrected chi connectivity index (χ1v) is 7.08. The van der Waals surface area contributed by atoms with E-state index in [1.807, 2.05) is 30.5 Å². The lowest BCUT2D eigenvalue weighted by Gasteiger charge is -2.05. The van der Waals surface area contributed by atoms with Gasteiger partial charge in [-0.2, -0.15) is 0 Å². The van der Waals surface area contributed by atoms with E-state index in [1.165, 1.54) is 19.3 Å². The molecule has 2 rings (SSSR count). The third kappa shape index (κ3) is 3.85. The smallest absolute Gasteiger partial charge is 0.311 e. The van der Waals surface area contributed by atoms with Crippen molar-refractivity contribution in [3.63, 3.8) is 0 Å². The Morgan fingerprint density at radius 1 is 1.16 bits per heavy atom. The molecular weight excluding hydrogens is 238 g/mol. The molecule has 0 bridgehead atoms. The number of hydrogen-bond acceptors (Lipinski definition) is 2. The maximum absolute atomic E-state index is 11.8. The van der Waals surface area contributed by atoms with E-state index in [-0.39, 0.29) is 5.97 Å². The van der Waals surface area contributed by atoms with Gasteiger partial charge in [-0.3, -0.25) is 4.79 Å². The maximum Gasteiger partial charge on any atom is 0.311 e. The van der Waals surface area contributed by atoms with Crippen molar-refractivity contribution >= 4 is 16.9 Å². The van der Waals surface area contributed by atoms with Gasteiger partial charge in [0.1, 0.15) is 5.75 Å². The van der Waals surface area contributed by atoms with Crippen LogP contribution in [0.3, 0.4) is 0 Å². The molecule has 1 N–H and O–H groups in total. The van der Waals surface area contributed by atoms with Crippen LogP contribution in [-0.2, 0) is 4.79 Å². The van der Waals surface area contributed by atoms with E-state index in [4.69, 9.17) is 4.74 Å². The minimum atomic E-state index is -0.134. The van der Waals surface area contributed by atoms with Crippen LogP contribution < -0.4 is 4.74 Å². The number of carbonyl (C=O) groups is 1. The highest BCUT2D eigenvalue weighted by molar-refractivity contribution is 5.88. The molecule has 0 saturated carbocycles. The molecule has 0 amide bonds. The Balaban J connectivity index is 1.83. The summed E-state index contributed by atoms with van der Waals surface area (Å²) in [5.41, 5.74) is 0.994. The Morgan fingerprint density at radius 3 is 2.84 bits per heavy atom. The first-order chi connectivity index (χ1) is 9.31. The molecule has 0 aliphatic rings. The summed E-state index contributed by atoms with van der Waals surface area (Å²) in [6, 6.07) is 7.63. The zero-order valence-corrected chi connectivity index (χ0v) is 11.4. The maximum atomic E-state index is 11.8. The van der Waals surface area contributed by atoms with Crippen LogP contribution in [0.5, 0.6) is 5.75 Å². The molecule has 0 unspecified atom stereocenters. The number of fused-ring (bicyclic) bond motifs is 1. The molecule has 102 valence electrons. The summed E-state index contributed by atoms with van der Waals surface area (Å²) in [6.07, 6.45) is 8.06. The zero-order valence-electron chi connectivity index (χ0n) is 11.4. The minimum absolute atomic E-state index is 0.134. The fourth-order valence-electron chi connectivity index (χ4n) is 2.19. The van der Waals surface area contributed by atoms with Crippen molar-refractivity contribution in [1.29, 1.82) is 0 Å². The van der Waals surface area contributed by atoms with Crippen LogP contribution >= 0.6 is 0 Å². The van der Waals surface area contributed by atoms with Crippen LogP contribution in [0.4, 0.5) is 0 Å². The lowest BCUT2D eigenvalue weighted by molar-refractivity contribution is -0.134. The fourth-order valence-corrected chi connectivity index (χ4v) is 2.19. The number of benzene rings is 1. The molecule has 0 radical (unpaired) electrons. The fraction of sp³-hybridized carbons (Fsp3) is 0.438. The van der Waals surface area contributed by atoms with E-state index < -0.39 is 0 Å². The summed E-state index contributed by atoms with van der Waals surface area (Å²) in [7, 11) is 0. The van der Waals surface area contributed by atoms with E-state index in [1.54, 1.807) is 0 Å². The van der Waals surface area contributed by atoms with Crippen LogP contribution in [0.15, 0.2) is 30.5 Å². The molecule has 1 aromatic carbocycles. The average molecular weight is 259 g/mol. The molecule has 0 fully saturated rings. The van der Waals surface area contributed by atoms with Gasteiger partial charge in [0.25, 0.3) is 0 Å². The normalized spacial score (nSPS) is 10.8. The van der Waals surface area contributed by atoms with Crippen molar-refractivity contribution in [3.8, 4) is 5.75 Å². The SMILES string of the molecule is CCCCCCCC(=O)Oc1cccc2[nH]ccc12. The Labute approximate surface area is 114 Å². The average Bonchev–Trinajstić information content (AvgIpc) is 2.88. The number of carbonyl (C=O) groups excluding carboxylic acids is 1. The van der Waals surface area contributed by atoms with Crippen LogP contribution in [-0.4, -0.2) is 11.0 Å². The van der Waals surface area contributed by atoms with E-state index in [9.17, 15) is 4.79 Å². The molecule has 1 heterocycles. The number of nitrogens with one attached hydrogen (secondary N) is 1. The van der Waals surface area contributed by atoms with E-state index >= 15 is 0 Å². The lowest BCUT2D eigenvalue weighted by atomic mass is 10.1. The predicted molar refractivity (Wildman–Crippen MR) is 77.3 cm³/mol. The number of unbranched alkanes of at least 4 members (excludes halogenated alkanes) is 4. The third-order valence-electron chi connectivity index (χ3n) is 3.26. The summed E-state index contributed by atoms with van der Waals surface area (Å²) in [5, 5.41) is 0.960. The molecule has 0 aliphatic heterocycles. The van der Waals surface area contributed by atoms with Gasteiger partial charge in [-0.05, 0) is 24.6 Å². The highest BCUT2D eigenvalue weighted by Gasteiger charge is 2.08. The number of hydrogen-bond donors (Lipinski definition) is 1. The largest absolute Gasteiger partial charge is 0.426 e. The van der Waals surface area contributed by atoms with Crippen molar-refractivity contribution in [2.75, 3.05) is 0 Å². The van der Waals surface area contributed by atoms with Crippen LogP contribution in [0, 0.1) is 0 Å². The Bertz CT molecular complexity index is 530. The topological polar surface area (TPSA) is 42.1 Å². The predicted octanol–water partition coefficient (Wildman–Crippen LogP) is 4.43. The molecule has 0 spiro atoms. The van der Waals surface area contributed by atoms with Crippen molar-refractivity contribution in [2.24, 2.45) is 0 Å². The van der Waals surface area contributed by atoms with E-state index in [2.05, 4.69) is 11.9 Å². The van der Waals surface area contributed by atoms with E-state index in [0.29, 0.717) is 12.2 Å². The number of aromatic nitrogens is 1. The number of rotatable bonds is 7. The summed E-state index contributed by atoms with van der Waals surface area (Å²) in [4.78, 5) is 14.9. The molecule has 19 heavy (non-hydrogen) atoms. The van der Waals surface area contributed by atoms with Gasteiger partial charge in [0, 0.05) is 23.5 Å². The molecule has 0 saturated heterocycles. The molecule has 1 aromatic heterocycles. The molecule has 3 heteroatoms. The molecule has 3 nitrogen and oxygen atoms in total. The van der Waals surface area contributed by atoms with Crippen molar-refractivity contribution in [2.45, 2.75) is 45.4 Å². The highest BCUT2D eigenvalue weighted by Crippen LogP contribution is 2.24. The minimum Gasteiger partial charge on any atom is -0.426 e. The Hall–Kier alpha value is -1.77. The van der Waals surface area contributed by atoms with Gasteiger partial charge in [0.2, 0.25) is 0 Å². The van der Waals surface area contributed by atoms with Gasteiger partial charge in [0.05, 0.1) is 0 Å². The van der Waals surface area contributed by atoms with Gasteiger partial charge >= 0.3 is 5.97 Å². The lowest BCUT2D eigenvalue weighted by Crippen LogP contribution is -2.07. The summed E-state index contributed by atoms with van der Waals surface area (Å²) < 4.78 is 5.43. The number of aromatic amines is 1. The monoisotopic (exact) mass is 259 g/mol. The highest BCUT2D eigenvalue weighted by atomic mass is 16.5. The van der Waals surface area contributed by atoms with Gasteiger partial charge in [-0.25, -0.2) is 0 Å². The summed E-state index contributed by atoms with van der Waals surface area (Å²) >= 11 is 0. The van der Waals surface area contributed by atoms with Crippen molar-refractivity contribution < 1.29 is 9.53 Å². The van der Waals surface area contributed by atoms with Crippen LogP contribution in [0.25, 0.3) is 10.9 Å². The standard InChI is InChI=1S/C16H21NO2/c1-2-3-4-5-6-10-16(18)19-15-9-7-8-14-13(15)11-12-17-14/h7-9,11-12,17H,2-6,10H2,1H3. The quantitative estimate of drug-likeness (QED) is 0.454. The second kappa shape index (κ2) is 6.98. The zero-order chi connectivity index (χ0) is 13.5. The number of ether oxygens (including phenoxy) is 1. The van der Waals surface area contributed by atoms with Gasteiger partial charge in [-0.15, -0.1) is 0 Å². The second-order valence-electron chi connectivity index (χ2n) is 4.83. The Kier molecular flexibility index (Phi) is 5.01. The van der Waals surface area contributed by atoms with Crippen LogP contribution in [0.1, 0.15) is 45.4 Å². The number of H-pyrrole nitrogens is 1. The van der Waals surface area contributed by atoms with Crippen molar-refractivity contribution in [3.05, 3.63) is 30.5 Å². The first kappa shape index (κ1) is 13.7. The van der Waals surface area contributed by atoms with E-state index in [0.717, 1.165) is 23.7 Å². The first-order valence-electron chi connectivity index (χ1n) is 7.08.